The summed E-state index contributed by atoms with van der Waals surface area (Å²) in [5, 5.41) is 0. The van der Waals surface area contributed by atoms with Gasteiger partial charge in [-0.1, -0.05) is 31.2 Å². The van der Waals surface area contributed by atoms with Crippen LogP contribution in [-0.2, 0) is 0 Å². The molecule has 2 rings (SSSR count). The quantitative estimate of drug-likeness (QED) is 0.725. The summed E-state index contributed by atoms with van der Waals surface area (Å²) in [6, 6.07) is 7.96. The molecule has 0 N–H and O–H groups in total. The molecule has 2 nitrogen and oxygen atoms in total. The summed E-state index contributed by atoms with van der Waals surface area (Å²) >= 11 is 0. The second-order valence-corrected chi connectivity index (χ2v) is 4.85. The number of hydrogen-bond acceptors (Lipinski definition) is 2. The molecule has 16 heavy (non-hydrogen) atoms. The van der Waals surface area contributed by atoms with Crippen molar-refractivity contribution >= 4 is 6.29 Å². The Balaban J connectivity index is 2.20. The maximum absolute atomic E-state index is 11.0. The summed E-state index contributed by atoms with van der Waals surface area (Å²) in [5.41, 5.74) is 2.06. The number of carbonyl (C=O) groups is 1. The smallest absolute Gasteiger partial charge is 0.150 e. The van der Waals surface area contributed by atoms with E-state index >= 15 is 0 Å². The fourth-order valence-electron chi connectivity index (χ4n) is 2.66. The predicted octanol–water partition coefficient (Wildman–Crippen LogP) is 2.55. The van der Waals surface area contributed by atoms with E-state index in [0.29, 0.717) is 11.8 Å². The van der Waals surface area contributed by atoms with Crippen LogP contribution in [0.25, 0.3) is 0 Å². The van der Waals surface area contributed by atoms with E-state index < -0.39 is 0 Å². The Morgan fingerprint density at radius 2 is 2.19 bits per heavy atom. The second-order valence-electron chi connectivity index (χ2n) is 4.85. The van der Waals surface area contributed by atoms with E-state index in [9.17, 15) is 4.79 Å². The van der Waals surface area contributed by atoms with Gasteiger partial charge in [0.2, 0.25) is 0 Å². The van der Waals surface area contributed by atoms with Gasteiger partial charge in [0.15, 0.2) is 0 Å². The maximum atomic E-state index is 11.0. The molecular weight excluding hydrogens is 198 g/mol. The average Bonchev–Trinajstić information content (AvgIpc) is 2.75. The molecule has 0 spiro atoms. The Labute approximate surface area is 97.3 Å². The highest BCUT2D eigenvalue weighted by atomic mass is 16.1. The summed E-state index contributed by atoms with van der Waals surface area (Å²) in [6.45, 7) is 4.57. The molecular formula is C14H19NO. The minimum Gasteiger partial charge on any atom is -0.306 e. The van der Waals surface area contributed by atoms with Crippen LogP contribution in [0.1, 0.15) is 35.2 Å². The van der Waals surface area contributed by atoms with Crippen molar-refractivity contribution in [2.75, 3.05) is 20.1 Å². The number of likely N-dealkylation sites (tertiary alicyclic amines) is 1. The molecule has 2 atom stereocenters. The van der Waals surface area contributed by atoms with Crippen LogP contribution in [0.15, 0.2) is 24.3 Å². The Hall–Kier alpha value is -1.15. The Morgan fingerprint density at radius 3 is 2.81 bits per heavy atom. The number of nitrogens with zero attached hydrogens (tertiary/aromatic N) is 1. The van der Waals surface area contributed by atoms with Gasteiger partial charge in [0.05, 0.1) is 0 Å². The highest BCUT2D eigenvalue weighted by Crippen LogP contribution is 2.32. The van der Waals surface area contributed by atoms with Crippen molar-refractivity contribution in [3.8, 4) is 0 Å². The van der Waals surface area contributed by atoms with Crippen LogP contribution in [0.3, 0.4) is 0 Å². The molecule has 1 fully saturated rings. The van der Waals surface area contributed by atoms with Crippen molar-refractivity contribution < 1.29 is 4.79 Å². The fraction of sp³-hybridized carbons (Fsp3) is 0.500. The Kier molecular flexibility index (Phi) is 3.39. The lowest BCUT2D eigenvalue weighted by molar-refractivity contribution is 0.112. The average molecular weight is 217 g/mol. The maximum Gasteiger partial charge on any atom is 0.150 e. The van der Waals surface area contributed by atoms with E-state index in [1.807, 2.05) is 18.2 Å². The molecule has 1 saturated heterocycles. The SMILES string of the molecule is CC(c1ccccc1C=O)C1CCN(C)C1. The highest BCUT2D eigenvalue weighted by Gasteiger charge is 2.26. The van der Waals surface area contributed by atoms with E-state index in [2.05, 4.69) is 24.9 Å². The lowest BCUT2D eigenvalue weighted by Gasteiger charge is -2.20. The standard InChI is InChI=1S/C14H19NO/c1-11(12-7-8-15(2)9-12)14-6-4-3-5-13(14)10-16/h3-6,10-12H,7-9H2,1-2H3. The van der Waals surface area contributed by atoms with Crippen molar-refractivity contribution in [3.05, 3.63) is 35.4 Å². The molecule has 1 aromatic rings. The zero-order valence-electron chi connectivity index (χ0n) is 10.0. The topological polar surface area (TPSA) is 20.3 Å². The molecule has 1 aliphatic heterocycles. The first-order valence-corrected chi connectivity index (χ1v) is 5.95. The number of carbonyl (C=O) groups excluding carboxylic acids is 1. The third-order valence-electron chi connectivity index (χ3n) is 3.75. The van der Waals surface area contributed by atoms with Gasteiger partial charge in [-0.05, 0) is 37.4 Å². The number of rotatable bonds is 3. The molecule has 0 aromatic heterocycles. The molecule has 1 aromatic carbocycles. The number of aldehydes is 1. The van der Waals surface area contributed by atoms with Crippen LogP contribution in [0.5, 0.6) is 0 Å². The van der Waals surface area contributed by atoms with Gasteiger partial charge in [0.1, 0.15) is 6.29 Å². The summed E-state index contributed by atoms with van der Waals surface area (Å²) in [5.74, 6) is 1.16. The van der Waals surface area contributed by atoms with Gasteiger partial charge in [-0.15, -0.1) is 0 Å². The van der Waals surface area contributed by atoms with Gasteiger partial charge in [-0.2, -0.15) is 0 Å². The fourth-order valence-corrected chi connectivity index (χ4v) is 2.66. The van der Waals surface area contributed by atoms with Crippen LogP contribution in [0.4, 0.5) is 0 Å². The Morgan fingerprint density at radius 1 is 1.44 bits per heavy atom. The second kappa shape index (κ2) is 4.79. The first kappa shape index (κ1) is 11.3. The molecule has 0 amide bonds. The van der Waals surface area contributed by atoms with Gasteiger partial charge >= 0.3 is 0 Å². The van der Waals surface area contributed by atoms with Crippen molar-refractivity contribution in [2.45, 2.75) is 19.3 Å². The largest absolute Gasteiger partial charge is 0.306 e. The monoisotopic (exact) mass is 217 g/mol. The molecule has 0 aliphatic carbocycles. The van der Waals surface area contributed by atoms with Crippen molar-refractivity contribution in [3.63, 3.8) is 0 Å². The number of hydrogen-bond donors (Lipinski definition) is 0. The van der Waals surface area contributed by atoms with Gasteiger partial charge in [0, 0.05) is 12.1 Å². The predicted molar refractivity (Wildman–Crippen MR) is 65.8 cm³/mol. The molecule has 1 heterocycles. The van der Waals surface area contributed by atoms with Crippen molar-refractivity contribution in [1.82, 2.24) is 4.90 Å². The zero-order valence-corrected chi connectivity index (χ0v) is 10.0. The molecule has 1 aliphatic rings. The minimum atomic E-state index is 0.478. The van der Waals surface area contributed by atoms with Crippen LogP contribution < -0.4 is 0 Å². The van der Waals surface area contributed by atoms with Gasteiger partial charge < -0.3 is 4.90 Å². The van der Waals surface area contributed by atoms with Crippen LogP contribution in [0, 0.1) is 5.92 Å². The summed E-state index contributed by atoms with van der Waals surface area (Å²) < 4.78 is 0. The third-order valence-corrected chi connectivity index (χ3v) is 3.75. The minimum absolute atomic E-state index is 0.478. The molecule has 2 unspecified atom stereocenters. The molecule has 86 valence electrons. The normalized spacial score (nSPS) is 23.2. The number of benzene rings is 1. The van der Waals surface area contributed by atoms with Crippen molar-refractivity contribution in [1.29, 1.82) is 0 Å². The molecule has 0 radical (unpaired) electrons. The van der Waals surface area contributed by atoms with Gasteiger partial charge in [0.25, 0.3) is 0 Å². The zero-order chi connectivity index (χ0) is 11.5. The van der Waals surface area contributed by atoms with E-state index in [1.165, 1.54) is 18.5 Å². The van der Waals surface area contributed by atoms with Gasteiger partial charge in [-0.25, -0.2) is 0 Å². The van der Waals surface area contributed by atoms with Crippen LogP contribution in [-0.4, -0.2) is 31.3 Å². The Bertz CT molecular complexity index is 375. The molecule has 2 heteroatoms. The lowest BCUT2D eigenvalue weighted by Crippen LogP contribution is -2.17. The molecule has 0 bridgehead atoms. The highest BCUT2D eigenvalue weighted by molar-refractivity contribution is 5.77. The summed E-state index contributed by atoms with van der Waals surface area (Å²) in [6.07, 6.45) is 2.22. The van der Waals surface area contributed by atoms with Crippen LogP contribution >= 0.6 is 0 Å². The lowest BCUT2D eigenvalue weighted by atomic mass is 9.85. The summed E-state index contributed by atoms with van der Waals surface area (Å²) in [4.78, 5) is 13.4. The third kappa shape index (κ3) is 2.17. The van der Waals surface area contributed by atoms with E-state index in [0.717, 1.165) is 18.4 Å². The molecule has 0 saturated carbocycles. The first-order chi connectivity index (χ1) is 7.72. The first-order valence-electron chi connectivity index (χ1n) is 5.95. The van der Waals surface area contributed by atoms with Crippen molar-refractivity contribution in [2.24, 2.45) is 5.92 Å². The van der Waals surface area contributed by atoms with E-state index in [-0.39, 0.29) is 0 Å². The van der Waals surface area contributed by atoms with Gasteiger partial charge in [-0.3, -0.25) is 4.79 Å². The van der Waals surface area contributed by atoms with Crippen LogP contribution in [0.2, 0.25) is 0 Å². The summed E-state index contributed by atoms with van der Waals surface area (Å²) in [7, 11) is 2.17. The van der Waals surface area contributed by atoms with E-state index in [4.69, 9.17) is 0 Å². The van der Waals surface area contributed by atoms with E-state index in [1.54, 1.807) is 0 Å².